The molecule has 0 bridgehead atoms. The van der Waals surface area contributed by atoms with Gasteiger partial charge in [0.15, 0.2) is 0 Å². The van der Waals surface area contributed by atoms with E-state index in [9.17, 15) is 0 Å². The summed E-state index contributed by atoms with van der Waals surface area (Å²) in [6, 6.07) is 10.8. The van der Waals surface area contributed by atoms with Crippen molar-refractivity contribution in [3.8, 4) is 0 Å². The van der Waals surface area contributed by atoms with Crippen LogP contribution in [0.1, 0.15) is 12.8 Å². The van der Waals surface area contributed by atoms with E-state index in [-0.39, 0.29) is 0 Å². The van der Waals surface area contributed by atoms with Gasteiger partial charge < -0.3 is 9.80 Å². The third-order valence-electron chi connectivity index (χ3n) is 3.96. The monoisotopic (exact) mass is 202 g/mol. The molecule has 2 aliphatic heterocycles. The normalized spacial score (nSPS) is 30.9. The van der Waals surface area contributed by atoms with Crippen molar-refractivity contribution in [1.29, 1.82) is 0 Å². The Balaban J connectivity index is 1.84. The molecule has 2 heteroatoms. The quantitative estimate of drug-likeness (QED) is 0.687. The second kappa shape index (κ2) is 3.24. The fourth-order valence-electron chi connectivity index (χ4n) is 3.03. The van der Waals surface area contributed by atoms with Gasteiger partial charge in [0, 0.05) is 25.3 Å². The fraction of sp³-hybridized carbons (Fsp3) is 0.538. The molecule has 2 fully saturated rings. The van der Waals surface area contributed by atoms with Gasteiger partial charge in [0.2, 0.25) is 0 Å². The first-order chi connectivity index (χ1) is 7.30. The number of hydrogen-bond donors (Lipinski definition) is 0. The Kier molecular flexibility index (Phi) is 1.99. The van der Waals surface area contributed by atoms with Crippen molar-refractivity contribution in [2.75, 3.05) is 31.6 Å². The summed E-state index contributed by atoms with van der Waals surface area (Å²) in [5, 5.41) is 0. The van der Waals surface area contributed by atoms with Crippen LogP contribution in [0, 0.1) is 0 Å². The zero-order chi connectivity index (χ0) is 10.3. The molecule has 1 spiro atoms. The van der Waals surface area contributed by atoms with Crippen molar-refractivity contribution in [2.24, 2.45) is 0 Å². The van der Waals surface area contributed by atoms with Crippen LogP contribution >= 0.6 is 0 Å². The summed E-state index contributed by atoms with van der Waals surface area (Å²) >= 11 is 0. The maximum Gasteiger partial charge on any atom is 0.0557 e. The maximum atomic E-state index is 2.59. The zero-order valence-corrected chi connectivity index (χ0v) is 9.32. The molecule has 0 aromatic heterocycles. The van der Waals surface area contributed by atoms with Gasteiger partial charge in [-0.3, -0.25) is 0 Å². The average Bonchev–Trinajstić information content (AvgIpc) is 2.63. The van der Waals surface area contributed by atoms with Crippen LogP contribution in [-0.2, 0) is 0 Å². The summed E-state index contributed by atoms with van der Waals surface area (Å²) in [5.41, 5.74) is 1.87. The standard InChI is InChI=1S/C13H18N2/c1-14-9-7-13(11-14)8-10-15(13)12-5-3-2-4-6-12/h2-6H,7-11H2,1H3. The van der Waals surface area contributed by atoms with Crippen LogP contribution in [0.2, 0.25) is 0 Å². The molecule has 1 unspecified atom stereocenters. The Bertz CT molecular complexity index is 349. The molecule has 0 aliphatic carbocycles. The molecule has 3 rings (SSSR count). The number of anilines is 1. The van der Waals surface area contributed by atoms with Gasteiger partial charge in [-0.2, -0.15) is 0 Å². The number of benzene rings is 1. The molecule has 0 radical (unpaired) electrons. The molecule has 0 N–H and O–H groups in total. The Morgan fingerprint density at radius 3 is 2.33 bits per heavy atom. The first-order valence-electron chi connectivity index (χ1n) is 5.81. The van der Waals surface area contributed by atoms with Gasteiger partial charge in [0.1, 0.15) is 0 Å². The maximum absolute atomic E-state index is 2.59. The number of likely N-dealkylation sites (N-methyl/N-ethyl adjacent to an activating group) is 1. The molecule has 1 aromatic rings. The van der Waals surface area contributed by atoms with Crippen molar-refractivity contribution in [2.45, 2.75) is 18.4 Å². The number of likely N-dealkylation sites (tertiary alicyclic amines) is 1. The van der Waals surface area contributed by atoms with E-state index in [0.717, 1.165) is 0 Å². The molecule has 2 saturated heterocycles. The lowest BCUT2D eigenvalue weighted by molar-refractivity contribution is 0.270. The third kappa shape index (κ3) is 1.36. The number of nitrogens with zero attached hydrogens (tertiary/aromatic N) is 2. The van der Waals surface area contributed by atoms with E-state index >= 15 is 0 Å². The Hall–Kier alpha value is -1.02. The van der Waals surface area contributed by atoms with E-state index in [4.69, 9.17) is 0 Å². The third-order valence-corrected chi connectivity index (χ3v) is 3.96. The Morgan fingerprint density at radius 1 is 1.07 bits per heavy atom. The molecule has 15 heavy (non-hydrogen) atoms. The molecular weight excluding hydrogens is 184 g/mol. The summed E-state index contributed by atoms with van der Waals surface area (Å²) in [7, 11) is 2.23. The largest absolute Gasteiger partial charge is 0.364 e. The predicted octanol–water partition coefficient (Wildman–Crippen LogP) is 1.97. The van der Waals surface area contributed by atoms with Gasteiger partial charge in [0.05, 0.1) is 5.54 Å². The van der Waals surface area contributed by atoms with E-state index in [1.165, 1.54) is 38.2 Å². The van der Waals surface area contributed by atoms with Crippen LogP contribution in [0.4, 0.5) is 5.69 Å². The van der Waals surface area contributed by atoms with Crippen molar-refractivity contribution >= 4 is 5.69 Å². The van der Waals surface area contributed by atoms with E-state index in [1.807, 2.05) is 0 Å². The van der Waals surface area contributed by atoms with Crippen LogP contribution < -0.4 is 4.90 Å². The van der Waals surface area contributed by atoms with Gasteiger partial charge in [-0.1, -0.05) is 18.2 Å². The highest BCUT2D eigenvalue weighted by atomic mass is 15.3. The number of para-hydroxylation sites is 1. The zero-order valence-electron chi connectivity index (χ0n) is 9.32. The summed E-state index contributed by atoms with van der Waals surface area (Å²) in [4.78, 5) is 5.05. The van der Waals surface area contributed by atoms with Gasteiger partial charge in [0.25, 0.3) is 0 Å². The summed E-state index contributed by atoms with van der Waals surface area (Å²) in [5.74, 6) is 0. The first kappa shape index (κ1) is 9.22. The van der Waals surface area contributed by atoms with Crippen molar-refractivity contribution in [3.63, 3.8) is 0 Å². The van der Waals surface area contributed by atoms with Crippen molar-refractivity contribution < 1.29 is 0 Å². The number of rotatable bonds is 1. The van der Waals surface area contributed by atoms with E-state index in [1.54, 1.807) is 0 Å². The second-order valence-electron chi connectivity index (χ2n) is 4.95. The van der Waals surface area contributed by atoms with Gasteiger partial charge in [-0.15, -0.1) is 0 Å². The lowest BCUT2D eigenvalue weighted by atomic mass is 9.83. The molecule has 2 aliphatic rings. The minimum atomic E-state index is 0.468. The molecule has 0 amide bonds. The van der Waals surface area contributed by atoms with Gasteiger partial charge in [-0.25, -0.2) is 0 Å². The highest BCUT2D eigenvalue weighted by molar-refractivity contribution is 5.52. The minimum Gasteiger partial charge on any atom is -0.364 e. The topological polar surface area (TPSA) is 6.48 Å². The smallest absolute Gasteiger partial charge is 0.0557 e. The van der Waals surface area contributed by atoms with Gasteiger partial charge >= 0.3 is 0 Å². The molecule has 0 saturated carbocycles. The number of hydrogen-bond acceptors (Lipinski definition) is 2. The Labute approximate surface area is 91.5 Å². The average molecular weight is 202 g/mol. The van der Waals surface area contributed by atoms with Gasteiger partial charge in [-0.05, 0) is 32.0 Å². The summed E-state index contributed by atoms with van der Waals surface area (Å²) in [6.07, 6.45) is 2.70. The minimum absolute atomic E-state index is 0.468. The highest BCUT2D eigenvalue weighted by Gasteiger charge is 2.48. The van der Waals surface area contributed by atoms with E-state index < -0.39 is 0 Å². The van der Waals surface area contributed by atoms with Crippen LogP contribution in [0.15, 0.2) is 30.3 Å². The lowest BCUT2D eigenvalue weighted by Gasteiger charge is -2.52. The highest BCUT2D eigenvalue weighted by Crippen LogP contribution is 2.41. The van der Waals surface area contributed by atoms with Crippen LogP contribution in [0.25, 0.3) is 0 Å². The van der Waals surface area contributed by atoms with Crippen molar-refractivity contribution in [3.05, 3.63) is 30.3 Å². The first-order valence-corrected chi connectivity index (χ1v) is 5.81. The molecule has 2 nitrogen and oxygen atoms in total. The SMILES string of the molecule is CN1CCC2(CCN2c2ccccc2)C1. The molecule has 2 heterocycles. The second-order valence-corrected chi connectivity index (χ2v) is 4.95. The molecule has 80 valence electrons. The molecule has 1 aromatic carbocycles. The summed E-state index contributed by atoms with van der Waals surface area (Å²) < 4.78 is 0. The van der Waals surface area contributed by atoms with Crippen LogP contribution in [0.5, 0.6) is 0 Å². The lowest BCUT2D eigenvalue weighted by Crippen LogP contribution is -2.61. The fourth-order valence-corrected chi connectivity index (χ4v) is 3.03. The molecular formula is C13H18N2. The predicted molar refractivity (Wildman–Crippen MR) is 63.3 cm³/mol. The van der Waals surface area contributed by atoms with Crippen LogP contribution in [-0.4, -0.2) is 37.1 Å². The van der Waals surface area contributed by atoms with Crippen molar-refractivity contribution in [1.82, 2.24) is 4.90 Å². The van der Waals surface area contributed by atoms with E-state index in [0.29, 0.717) is 5.54 Å². The Morgan fingerprint density at radius 2 is 1.80 bits per heavy atom. The summed E-state index contributed by atoms with van der Waals surface area (Å²) in [6.45, 7) is 3.73. The van der Waals surface area contributed by atoms with E-state index in [2.05, 4.69) is 47.2 Å². The molecule has 1 atom stereocenters. The van der Waals surface area contributed by atoms with Crippen LogP contribution in [0.3, 0.4) is 0 Å².